The first-order valence-electron chi connectivity index (χ1n) is 13.0. The number of carbonyl (C=O) groups excluding carboxylic acids is 3. The zero-order valence-electron chi connectivity index (χ0n) is 21.6. The molecule has 2 aliphatic rings. The summed E-state index contributed by atoms with van der Waals surface area (Å²) in [6.07, 6.45) is 0.451. The van der Waals surface area contributed by atoms with Gasteiger partial charge < -0.3 is 20.1 Å². The summed E-state index contributed by atoms with van der Waals surface area (Å²) in [5.41, 5.74) is 3.64. The van der Waals surface area contributed by atoms with E-state index in [1.807, 2.05) is 31.2 Å². The van der Waals surface area contributed by atoms with Gasteiger partial charge in [-0.15, -0.1) is 0 Å². The maximum Gasteiger partial charge on any atom is 0.411 e. The molecule has 0 saturated carbocycles. The molecular weight excluding hydrogens is 518 g/mol. The SMILES string of the molecule is Cc1ccc(CN2C(=O)O[C@H](c3ccc(NC(=O)c4cccc(Cl)c4)cc3)[C@H]2C(=O)NC[C@H]2CCCO2)cc1. The van der Waals surface area contributed by atoms with Gasteiger partial charge in [-0.25, -0.2) is 4.79 Å². The molecule has 0 unspecified atom stereocenters. The molecule has 0 spiro atoms. The van der Waals surface area contributed by atoms with Crippen molar-refractivity contribution in [3.8, 4) is 0 Å². The normalized spacial score (nSPS) is 20.5. The van der Waals surface area contributed by atoms with Crippen LogP contribution in [0.25, 0.3) is 0 Å². The number of rotatable bonds is 8. The molecule has 2 fully saturated rings. The van der Waals surface area contributed by atoms with Crippen LogP contribution in [0.15, 0.2) is 72.8 Å². The molecule has 2 heterocycles. The van der Waals surface area contributed by atoms with Crippen molar-refractivity contribution in [1.29, 1.82) is 0 Å². The van der Waals surface area contributed by atoms with E-state index in [0.29, 0.717) is 35.0 Å². The van der Waals surface area contributed by atoms with Crippen LogP contribution in [0.1, 0.15) is 46.0 Å². The van der Waals surface area contributed by atoms with Crippen molar-refractivity contribution in [2.24, 2.45) is 0 Å². The summed E-state index contributed by atoms with van der Waals surface area (Å²) < 4.78 is 11.4. The molecule has 202 valence electrons. The fraction of sp³-hybridized carbons (Fsp3) is 0.300. The largest absolute Gasteiger partial charge is 0.438 e. The predicted molar refractivity (Wildman–Crippen MR) is 148 cm³/mol. The maximum atomic E-state index is 13.5. The lowest BCUT2D eigenvalue weighted by atomic mass is 10.00. The van der Waals surface area contributed by atoms with Gasteiger partial charge in [-0.3, -0.25) is 14.5 Å². The van der Waals surface area contributed by atoms with Crippen LogP contribution in [0.3, 0.4) is 0 Å². The number of aryl methyl sites for hydroxylation is 1. The lowest BCUT2D eigenvalue weighted by molar-refractivity contribution is -0.126. The number of hydrogen-bond donors (Lipinski definition) is 2. The highest BCUT2D eigenvalue weighted by atomic mass is 35.5. The van der Waals surface area contributed by atoms with Crippen LogP contribution in [-0.4, -0.2) is 48.1 Å². The molecule has 8 nitrogen and oxygen atoms in total. The van der Waals surface area contributed by atoms with Crippen molar-refractivity contribution >= 4 is 35.2 Å². The molecule has 3 aromatic rings. The highest BCUT2D eigenvalue weighted by Gasteiger charge is 2.47. The van der Waals surface area contributed by atoms with Gasteiger partial charge in [-0.2, -0.15) is 0 Å². The van der Waals surface area contributed by atoms with Crippen LogP contribution in [0.2, 0.25) is 5.02 Å². The van der Waals surface area contributed by atoms with Crippen molar-refractivity contribution in [1.82, 2.24) is 10.2 Å². The molecule has 3 amide bonds. The van der Waals surface area contributed by atoms with Gasteiger partial charge >= 0.3 is 6.09 Å². The van der Waals surface area contributed by atoms with E-state index in [1.54, 1.807) is 48.5 Å². The Balaban J connectivity index is 1.34. The van der Waals surface area contributed by atoms with Gasteiger partial charge in [0.05, 0.1) is 12.6 Å². The lowest BCUT2D eigenvalue weighted by Crippen LogP contribution is -2.47. The van der Waals surface area contributed by atoms with Crippen LogP contribution in [0.4, 0.5) is 10.5 Å². The number of nitrogens with zero attached hydrogens (tertiary/aromatic N) is 1. The monoisotopic (exact) mass is 547 g/mol. The Morgan fingerprint density at radius 1 is 1.05 bits per heavy atom. The summed E-state index contributed by atoms with van der Waals surface area (Å²) in [7, 11) is 0. The minimum absolute atomic E-state index is 0.0293. The Morgan fingerprint density at radius 3 is 2.51 bits per heavy atom. The molecule has 3 atom stereocenters. The van der Waals surface area contributed by atoms with Crippen LogP contribution in [0.5, 0.6) is 0 Å². The topological polar surface area (TPSA) is 97.0 Å². The minimum atomic E-state index is -0.868. The van der Waals surface area contributed by atoms with Gasteiger partial charge in [0.2, 0.25) is 5.91 Å². The number of nitrogens with one attached hydrogen (secondary N) is 2. The second-order valence-corrected chi connectivity index (χ2v) is 10.3. The van der Waals surface area contributed by atoms with Crippen molar-refractivity contribution in [3.63, 3.8) is 0 Å². The summed E-state index contributed by atoms with van der Waals surface area (Å²) in [6.45, 7) is 3.30. The van der Waals surface area contributed by atoms with Crippen molar-refractivity contribution < 1.29 is 23.9 Å². The van der Waals surface area contributed by atoms with Crippen LogP contribution in [-0.2, 0) is 20.8 Å². The fourth-order valence-corrected chi connectivity index (χ4v) is 5.00. The first kappa shape index (κ1) is 26.7. The second kappa shape index (κ2) is 11.9. The van der Waals surface area contributed by atoms with E-state index in [0.717, 1.165) is 24.0 Å². The van der Waals surface area contributed by atoms with Crippen LogP contribution < -0.4 is 10.6 Å². The zero-order valence-corrected chi connectivity index (χ0v) is 22.3. The van der Waals surface area contributed by atoms with Gasteiger partial charge in [0, 0.05) is 29.4 Å². The molecule has 2 N–H and O–H groups in total. The first-order valence-corrected chi connectivity index (χ1v) is 13.3. The number of cyclic esters (lactones) is 1. The Hall–Kier alpha value is -3.88. The molecule has 9 heteroatoms. The van der Waals surface area contributed by atoms with Gasteiger partial charge in [-0.1, -0.05) is 59.6 Å². The van der Waals surface area contributed by atoms with E-state index in [9.17, 15) is 14.4 Å². The smallest absolute Gasteiger partial charge is 0.411 e. The molecule has 2 aliphatic heterocycles. The van der Waals surface area contributed by atoms with Gasteiger partial charge in [0.1, 0.15) is 0 Å². The maximum absolute atomic E-state index is 13.5. The number of amides is 3. The predicted octanol–water partition coefficient (Wildman–Crippen LogP) is 5.26. The Bertz CT molecular complexity index is 1340. The Kier molecular flexibility index (Phi) is 8.14. The fourth-order valence-electron chi connectivity index (χ4n) is 4.81. The molecule has 0 bridgehead atoms. The third-order valence-corrected chi connectivity index (χ3v) is 7.17. The van der Waals surface area contributed by atoms with E-state index < -0.39 is 18.2 Å². The summed E-state index contributed by atoms with van der Waals surface area (Å²) >= 11 is 6.00. The minimum Gasteiger partial charge on any atom is -0.438 e. The first-order chi connectivity index (χ1) is 18.9. The molecule has 3 aromatic carbocycles. The second-order valence-electron chi connectivity index (χ2n) is 9.83. The van der Waals surface area contributed by atoms with E-state index >= 15 is 0 Å². The summed E-state index contributed by atoms with van der Waals surface area (Å²) in [5.74, 6) is -0.597. The standard InChI is InChI=1S/C30H30ClN3O5/c1-19-7-9-20(10-8-19)18-34-26(29(36)32-17-25-6-3-15-38-25)27(39-30(34)37)21-11-13-24(14-12-21)33-28(35)22-4-2-5-23(31)16-22/h2,4-5,7-14,16,25-27H,3,6,15,17-18H2,1H3,(H,32,36)(H,33,35)/t25-,26+,27-/m1/s1. The molecule has 0 radical (unpaired) electrons. The Morgan fingerprint density at radius 2 is 1.82 bits per heavy atom. The van der Waals surface area contributed by atoms with E-state index in [4.69, 9.17) is 21.1 Å². The number of benzene rings is 3. The molecular formula is C30H30ClN3O5. The molecule has 5 rings (SSSR count). The number of carbonyl (C=O) groups is 3. The molecule has 0 aliphatic carbocycles. The molecule has 0 aromatic heterocycles. The lowest BCUT2D eigenvalue weighted by Gasteiger charge is -2.25. The average molecular weight is 548 g/mol. The average Bonchev–Trinajstić information content (AvgIpc) is 3.57. The quantitative estimate of drug-likeness (QED) is 0.401. The number of halogens is 1. The Labute approximate surface area is 232 Å². The zero-order chi connectivity index (χ0) is 27.4. The number of ether oxygens (including phenoxy) is 2. The highest BCUT2D eigenvalue weighted by Crippen LogP contribution is 2.34. The van der Waals surface area contributed by atoms with E-state index in [1.165, 1.54) is 4.90 Å². The van der Waals surface area contributed by atoms with Crippen LogP contribution in [0, 0.1) is 6.92 Å². The van der Waals surface area contributed by atoms with Crippen molar-refractivity contribution in [2.45, 2.75) is 44.6 Å². The molecule has 39 heavy (non-hydrogen) atoms. The van der Waals surface area contributed by atoms with Crippen LogP contribution >= 0.6 is 11.6 Å². The summed E-state index contributed by atoms with van der Waals surface area (Å²) in [5, 5.41) is 6.27. The van der Waals surface area contributed by atoms with Gasteiger partial charge in [-0.05, 0) is 61.2 Å². The third-order valence-electron chi connectivity index (χ3n) is 6.94. The number of anilines is 1. The van der Waals surface area contributed by atoms with Gasteiger partial charge in [0.25, 0.3) is 5.91 Å². The molecule has 2 saturated heterocycles. The number of hydrogen-bond acceptors (Lipinski definition) is 5. The van der Waals surface area contributed by atoms with E-state index in [2.05, 4.69) is 10.6 Å². The van der Waals surface area contributed by atoms with Crippen molar-refractivity contribution in [2.75, 3.05) is 18.5 Å². The summed E-state index contributed by atoms with van der Waals surface area (Å²) in [6, 6.07) is 20.6. The van der Waals surface area contributed by atoms with E-state index in [-0.39, 0.29) is 24.5 Å². The van der Waals surface area contributed by atoms with Gasteiger partial charge in [0.15, 0.2) is 12.1 Å². The third kappa shape index (κ3) is 6.41. The summed E-state index contributed by atoms with van der Waals surface area (Å²) in [4.78, 5) is 40.6. The van der Waals surface area contributed by atoms with Crippen molar-refractivity contribution in [3.05, 3.63) is 100 Å². The highest BCUT2D eigenvalue weighted by molar-refractivity contribution is 6.31.